The first-order valence-corrected chi connectivity index (χ1v) is 7.91. The van der Waals surface area contributed by atoms with Crippen molar-refractivity contribution in [2.24, 2.45) is 5.73 Å². The first kappa shape index (κ1) is 15.7. The van der Waals surface area contributed by atoms with E-state index in [1.54, 1.807) is 5.38 Å². The number of carbonyl (C=O) groups is 2. The van der Waals surface area contributed by atoms with E-state index in [9.17, 15) is 9.59 Å². The normalized spacial score (nSPS) is 16.5. The minimum Gasteiger partial charge on any atom is -0.480 e. The molecule has 1 unspecified atom stereocenters. The molecule has 4 N–H and O–H groups in total. The number of hydrogen-bond acceptors (Lipinski definition) is 6. The molecule has 1 fully saturated rings. The molecule has 0 aliphatic carbocycles. The molecule has 1 saturated heterocycles. The van der Waals surface area contributed by atoms with Gasteiger partial charge in [0.05, 0.1) is 5.69 Å². The maximum absolute atomic E-state index is 12.0. The van der Waals surface area contributed by atoms with Gasteiger partial charge in [0.15, 0.2) is 5.13 Å². The van der Waals surface area contributed by atoms with Crippen molar-refractivity contribution in [1.29, 1.82) is 0 Å². The van der Waals surface area contributed by atoms with Crippen LogP contribution < -0.4 is 11.1 Å². The second-order valence-electron chi connectivity index (χ2n) is 5.01. The number of thiazole rings is 1. The van der Waals surface area contributed by atoms with Gasteiger partial charge in [0.2, 0.25) is 5.91 Å². The number of nitrogens with two attached hydrogens (primary N) is 1. The van der Waals surface area contributed by atoms with Gasteiger partial charge in [-0.3, -0.25) is 9.59 Å². The molecule has 1 aromatic rings. The summed E-state index contributed by atoms with van der Waals surface area (Å²) >= 11 is 1.29. The number of hydrogen-bond donors (Lipinski definition) is 3. The average Bonchev–Trinajstić information content (AvgIpc) is 2.96. The molecule has 8 heteroatoms. The third-order valence-electron chi connectivity index (χ3n) is 3.43. The monoisotopic (exact) mass is 312 g/mol. The molecule has 2 heterocycles. The highest BCUT2D eigenvalue weighted by molar-refractivity contribution is 7.13. The Labute approximate surface area is 127 Å². The van der Waals surface area contributed by atoms with Gasteiger partial charge >= 0.3 is 5.97 Å². The number of amides is 1. The molecule has 0 saturated carbocycles. The Morgan fingerprint density at radius 1 is 1.43 bits per heavy atom. The third kappa shape index (κ3) is 4.40. The van der Waals surface area contributed by atoms with E-state index in [1.165, 1.54) is 17.8 Å². The van der Waals surface area contributed by atoms with E-state index in [4.69, 9.17) is 10.8 Å². The largest absolute Gasteiger partial charge is 0.480 e. The molecular weight excluding hydrogens is 292 g/mol. The van der Waals surface area contributed by atoms with Crippen molar-refractivity contribution in [2.45, 2.75) is 31.7 Å². The lowest BCUT2D eigenvalue weighted by molar-refractivity contribution is -0.138. The predicted octanol–water partition coefficient (Wildman–Crippen LogP) is 1.04. The number of carboxylic acid groups (broad SMARTS) is 1. The maximum atomic E-state index is 12.0. The van der Waals surface area contributed by atoms with Gasteiger partial charge in [-0.15, -0.1) is 11.3 Å². The molecule has 1 aliphatic rings. The van der Waals surface area contributed by atoms with Gasteiger partial charge in [-0.05, 0) is 19.3 Å². The van der Waals surface area contributed by atoms with Crippen molar-refractivity contribution in [3.8, 4) is 0 Å². The van der Waals surface area contributed by atoms with Gasteiger partial charge in [-0.2, -0.15) is 0 Å². The summed E-state index contributed by atoms with van der Waals surface area (Å²) < 4.78 is 0. The number of anilines is 1. The third-order valence-corrected chi connectivity index (χ3v) is 4.25. The Morgan fingerprint density at radius 2 is 2.14 bits per heavy atom. The van der Waals surface area contributed by atoms with Crippen LogP contribution in [0.4, 0.5) is 5.13 Å². The van der Waals surface area contributed by atoms with Crippen LogP contribution in [0.1, 0.15) is 37.4 Å². The lowest BCUT2D eigenvalue weighted by Crippen LogP contribution is -2.36. The number of nitrogens with one attached hydrogen (secondary N) is 1. The number of aliphatic carboxylic acids is 1. The molecule has 1 atom stereocenters. The summed E-state index contributed by atoms with van der Waals surface area (Å²) in [6.07, 6.45) is 3.79. The molecule has 0 radical (unpaired) electrons. The van der Waals surface area contributed by atoms with Crippen LogP contribution in [-0.2, 0) is 9.59 Å². The molecule has 0 spiro atoms. The quantitative estimate of drug-likeness (QED) is 0.724. The smallest absolute Gasteiger partial charge is 0.326 e. The fourth-order valence-electron chi connectivity index (χ4n) is 2.21. The molecule has 1 aromatic heterocycles. The minimum atomic E-state index is -1.10. The number of nitrogens with zero attached hydrogens (tertiary/aromatic N) is 2. The minimum absolute atomic E-state index is 0.154. The maximum Gasteiger partial charge on any atom is 0.326 e. The van der Waals surface area contributed by atoms with Crippen LogP contribution in [-0.4, -0.2) is 46.5 Å². The second kappa shape index (κ2) is 7.37. The van der Waals surface area contributed by atoms with Gasteiger partial charge in [0.1, 0.15) is 6.04 Å². The first-order chi connectivity index (χ1) is 10.1. The van der Waals surface area contributed by atoms with Crippen molar-refractivity contribution < 1.29 is 14.7 Å². The summed E-state index contributed by atoms with van der Waals surface area (Å²) in [6, 6.07) is -1.10. The van der Waals surface area contributed by atoms with Crippen molar-refractivity contribution in [2.75, 3.05) is 25.0 Å². The molecule has 2 rings (SSSR count). The molecular formula is C13H20N4O3S. The summed E-state index contributed by atoms with van der Waals surface area (Å²) in [5.41, 5.74) is 5.81. The van der Waals surface area contributed by atoms with Gasteiger partial charge in [-0.1, -0.05) is 0 Å². The predicted molar refractivity (Wildman–Crippen MR) is 80.2 cm³/mol. The number of aromatic nitrogens is 1. The summed E-state index contributed by atoms with van der Waals surface area (Å²) in [6.45, 7) is 2.20. The second-order valence-corrected chi connectivity index (χ2v) is 5.87. The van der Waals surface area contributed by atoms with Gasteiger partial charge in [-0.25, -0.2) is 4.98 Å². The molecule has 1 aliphatic heterocycles. The van der Waals surface area contributed by atoms with E-state index in [2.05, 4.69) is 10.3 Å². The topological polar surface area (TPSA) is 109 Å². The van der Waals surface area contributed by atoms with Crippen LogP contribution in [0.5, 0.6) is 0 Å². The number of likely N-dealkylation sites (tertiary alicyclic amines) is 1. The van der Waals surface area contributed by atoms with Crippen molar-refractivity contribution in [3.05, 3.63) is 11.1 Å². The first-order valence-electron chi connectivity index (χ1n) is 7.03. The standard InChI is InChI=1S/C13H20N4O3S/c14-11(12(19)20)9-8-21-13(16-9)15-5-4-10(18)17-6-2-1-3-7-17/h8,11H,1-7,14H2,(H,15,16)(H,19,20). The molecule has 0 bridgehead atoms. The highest BCUT2D eigenvalue weighted by Gasteiger charge is 2.18. The zero-order valence-corrected chi connectivity index (χ0v) is 12.6. The van der Waals surface area contributed by atoms with E-state index in [0.717, 1.165) is 25.9 Å². The van der Waals surface area contributed by atoms with Crippen LogP contribution in [0.3, 0.4) is 0 Å². The highest BCUT2D eigenvalue weighted by atomic mass is 32.1. The lowest BCUT2D eigenvalue weighted by Gasteiger charge is -2.26. The Balaban J connectivity index is 1.75. The summed E-state index contributed by atoms with van der Waals surface area (Å²) in [5, 5.41) is 14.1. The zero-order valence-electron chi connectivity index (χ0n) is 11.7. The summed E-state index contributed by atoms with van der Waals surface area (Å²) in [7, 11) is 0. The fraction of sp³-hybridized carbons (Fsp3) is 0.615. The molecule has 1 amide bonds. The average molecular weight is 312 g/mol. The zero-order chi connectivity index (χ0) is 15.2. The van der Waals surface area contributed by atoms with Gasteiger partial charge < -0.3 is 21.1 Å². The SMILES string of the molecule is NC(C(=O)O)c1csc(NCCC(=O)N2CCCCC2)n1. The Hall–Kier alpha value is -1.67. The Bertz CT molecular complexity index is 499. The van der Waals surface area contributed by atoms with Crippen LogP contribution >= 0.6 is 11.3 Å². The van der Waals surface area contributed by atoms with E-state index < -0.39 is 12.0 Å². The summed E-state index contributed by atoms with van der Waals surface area (Å²) in [4.78, 5) is 28.7. The van der Waals surface area contributed by atoms with Gasteiger partial charge in [0.25, 0.3) is 0 Å². The molecule has 116 valence electrons. The number of piperidine rings is 1. The highest BCUT2D eigenvalue weighted by Crippen LogP contribution is 2.19. The summed E-state index contributed by atoms with van der Waals surface area (Å²) in [5.74, 6) is -0.951. The fourth-order valence-corrected chi connectivity index (χ4v) is 2.99. The van der Waals surface area contributed by atoms with E-state index in [0.29, 0.717) is 23.8 Å². The van der Waals surface area contributed by atoms with Gasteiger partial charge in [0, 0.05) is 31.4 Å². The van der Waals surface area contributed by atoms with Crippen molar-refractivity contribution >= 4 is 28.3 Å². The van der Waals surface area contributed by atoms with Crippen LogP contribution in [0, 0.1) is 0 Å². The Kier molecular flexibility index (Phi) is 5.51. The van der Waals surface area contributed by atoms with Crippen molar-refractivity contribution in [3.63, 3.8) is 0 Å². The lowest BCUT2D eigenvalue weighted by atomic mass is 10.1. The van der Waals surface area contributed by atoms with Crippen LogP contribution in [0.15, 0.2) is 5.38 Å². The molecule has 0 aromatic carbocycles. The number of carboxylic acids is 1. The van der Waals surface area contributed by atoms with E-state index in [1.807, 2.05) is 4.90 Å². The molecule has 7 nitrogen and oxygen atoms in total. The van der Waals surface area contributed by atoms with E-state index in [-0.39, 0.29) is 5.91 Å². The Morgan fingerprint density at radius 3 is 2.81 bits per heavy atom. The van der Waals surface area contributed by atoms with Crippen molar-refractivity contribution in [1.82, 2.24) is 9.88 Å². The van der Waals surface area contributed by atoms with Crippen LogP contribution in [0.25, 0.3) is 0 Å². The van der Waals surface area contributed by atoms with Crippen LogP contribution in [0.2, 0.25) is 0 Å². The van der Waals surface area contributed by atoms with E-state index >= 15 is 0 Å². The molecule has 21 heavy (non-hydrogen) atoms. The number of carbonyl (C=O) groups excluding carboxylic acids is 1. The number of rotatable bonds is 6.